The molecule has 3 rings (SSSR count). The fourth-order valence-electron chi connectivity index (χ4n) is 2.51. The quantitative estimate of drug-likeness (QED) is 0.777. The van der Waals surface area contributed by atoms with Crippen LogP contribution in [0.5, 0.6) is 5.75 Å². The Morgan fingerprint density at radius 2 is 1.75 bits per heavy atom. The SMILES string of the molecule is CC(C)Oc1ccc(Cc2cc(-c3ccccc3)n[nH]c2=O)cc1. The Kier molecular flexibility index (Phi) is 4.75. The molecule has 122 valence electrons. The van der Waals surface area contributed by atoms with Crippen LogP contribution >= 0.6 is 0 Å². The molecule has 0 atom stereocenters. The lowest BCUT2D eigenvalue weighted by Crippen LogP contribution is -2.15. The van der Waals surface area contributed by atoms with E-state index >= 15 is 0 Å². The first-order valence-electron chi connectivity index (χ1n) is 8.01. The van der Waals surface area contributed by atoms with Crippen LogP contribution in [-0.4, -0.2) is 16.3 Å². The van der Waals surface area contributed by atoms with Crippen molar-refractivity contribution < 1.29 is 4.74 Å². The average Bonchev–Trinajstić information content (AvgIpc) is 2.59. The van der Waals surface area contributed by atoms with Crippen LogP contribution in [0, 0.1) is 0 Å². The highest BCUT2D eigenvalue weighted by atomic mass is 16.5. The van der Waals surface area contributed by atoms with Crippen LogP contribution in [0.1, 0.15) is 25.0 Å². The molecule has 0 radical (unpaired) electrons. The van der Waals surface area contributed by atoms with Crippen molar-refractivity contribution >= 4 is 0 Å². The summed E-state index contributed by atoms with van der Waals surface area (Å²) in [6, 6.07) is 19.5. The molecule has 0 spiro atoms. The van der Waals surface area contributed by atoms with E-state index in [9.17, 15) is 4.79 Å². The molecule has 4 nitrogen and oxygen atoms in total. The number of aromatic amines is 1. The number of nitrogens with zero attached hydrogens (tertiary/aromatic N) is 1. The second-order valence-electron chi connectivity index (χ2n) is 5.96. The molecule has 4 heteroatoms. The summed E-state index contributed by atoms with van der Waals surface area (Å²) in [6.45, 7) is 3.99. The summed E-state index contributed by atoms with van der Waals surface area (Å²) in [6.07, 6.45) is 0.701. The van der Waals surface area contributed by atoms with E-state index in [1.165, 1.54) is 0 Å². The van der Waals surface area contributed by atoms with E-state index in [1.54, 1.807) is 0 Å². The minimum atomic E-state index is -0.155. The highest BCUT2D eigenvalue weighted by molar-refractivity contribution is 5.58. The number of benzene rings is 2. The molecule has 0 aliphatic carbocycles. The molecule has 0 aliphatic rings. The Morgan fingerprint density at radius 1 is 1.04 bits per heavy atom. The van der Waals surface area contributed by atoms with Gasteiger partial charge in [0, 0.05) is 17.5 Å². The van der Waals surface area contributed by atoms with Crippen LogP contribution < -0.4 is 10.3 Å². The van der Waals surface area contributed by atoms with Crippen LogP contribution in [0.4, 0.5) is 0 Å². The molecule has 2 aromatic carbocycles. The van der Waals surface area contributed by atoms with Gasteiger partial charge in [0.25, 0.3) is 5.56 Å². The smallest absolute Gasteiger partial charge is 0.267 e. The van der Waals surface area contributed by atoms with Crippen molar-refractivity contribution in [3.63, 3.8) is 0 Å². The number of hydrogen-bond donors (Lipinski definition) is 1. The number of rotatable bonds is 5. The maximum absolute atomic E-state index is 12.1. The molecule has 3 aromatic rings. The lowest BCUT2D eigenvalue weighted by Gasteiger charge is -2.10. The molecule has 1 heterocycles. The fraction of sp³-hybridized carbons (Fsp3) is 0.200. The van der Waals surface area contributed by atoms with Gasteiger partial charge < -0.3 is 4.74 Å². The minimum absolute atomic E-state index is 0.146. The molecule has 0 aliphatic heterocycles. The zero-order chi connectivity index (χ0) is 16.9. The summed E-state index contributed by atoms with van der Waals surface area (Å²) in [4.78, 5) is 12.1. The average molecular weight is 320 g/mol. The summed E-state index contributed by atoms with van der Waals surface area (Å²) in [7, 11) is 0. The lowest BCUT2D eigenvalue weighted by molar-refractivity contribution is 0.242. The van der Waals surface area contributed by atoms with Gasteiger partial charge in [0.05, 0.1) is 11.8 Å². The van der Waals surface area contributed by atoms with E-state index in [-0.39, 0.29) is 11.7 Å². The number of hydrogen-bond acceptors (Lipinski definition) is 3. The normalized spacial score (nSPS) is 10.8. The van der Waals surface area contributed by atoms with Gasteiger partial charge in [-0.3, -0.25) is 4.79 Å². The number of H-pyrrole nitrogens is 1. The van der Waals surface area contributed by atoms with Crippen LogP contribution in [0.3, 0.4) is 0 Å². The predicted molar refractivity (Wildman–Crippen MR) is 95.3 cm³/mol. The Hall–Kier alpha value is -2.88. The van der Waals surface area contributed by atoms with Gasteiger partial charge in [-0.2, -0.15) is 5.10 Å². The molecular weight excluding hydrogens is 300 g/mol. The third kappa shape index (κ3) is 3.90. The van der Waals surface area contributed by atoms with Crippen molar-refractivity contribution in [3.8, 4) is 17.0 Å². The van der Waals surface area contributed by atoms with E-state index in [4.69, 9.17) is 4.74 Å². The van der Waals surface area contributed by atoms with Gasteiger partial charge in [-0.05, 0) is 37.6 Å². The minimum Gasteiger partial charge on any atom is -0.491 e. The molecule has 0 unspecified atom stereocenters. The van der Waals surface area contributed by atoms with Gasteiger partial charge >= 0.3 is 0 Å². The summed E-state index contributed by atoms with van der Waals surface area (Å²) >= 11 is 0. The van der Waals surface area contributed by atoms with Gasteiger partial charge in [-0.15, -0.1) is 0 Å². The second-order valence-corrected chi connectivity index (χ2v) is 5.96. The maximum atomic E-state index is 12.1. The van der Waals surface area contributed by atoms with Gasteiger partial charge in [-0.1, -0.05) is 42.5 Å². The largest absolute Gasteiger partial charge is 0.491 e. The number of nitrogens with one attached hydrogen (secondary N) is 1. The first-order chi connectivity index (χ1) is 11.6. The fourth-order valence-corrected chi connectivity index (χ4v) is 2.51. The second kappa shape index (κ2) is 7.13. The monoisotopic (exact) mass is 320 g/mol. The zero-order valence-corrected chi connectivity index (χ0v) is 13.8. The predicted octanol–water partition coefficient (Wildman–Crippen LogP) is 3.81. The highest BCUT2D eigenvalue weighted by Gasteiger charge is 2.07. The van der Waals surface area contributed by atoms with E-state index < -0.39 is 0 Å². The van der Waals surface area contributed by atoms with Gasteiger partial charge in [-0.25, -0.2) is 5.10 Å². The van der Waals surface area contributed by atoms with E-state index in [0.717, 1.165) is 22.6 Å². The molecule has 1 N–H and O–H groups in total. The van der Waals surface area contributed by atoms with Crippen molar-refractivity contribution in [3.05, 3.63) is 82.1 Å². The van der Waals surface area contributed by atoms with Crippen LogP contribution in [0.15, 0.2) is 65.5 Å². The summed E-state index contributed by atoms with van der Waals surface area (Å²) < 4.78 is 5.64. The Balaban J connectivity index is 1.83. The van der Waals surface area contributed by atoms with E-state index in [1.807, 2.05) is 74.5 Å². The molecular formula is C20H20N2O2. The number of ether oxygens (including phenoxy) is 1. The van der Waals surface area contributed by atoms with Crippen molar-refractivity contribution in [1.29, 1.82) is 0 Å². The molecule has 0 bridgehead atoms. The van der Waals surface area contributed by atoms with Crippen LogP contribution in [0.2, 0.25) is 0 Å². The highest BCUT2D eigenvalue weighted by Crippen LogP contribution is 2.18. The first-order valence-corrected chi connectivity index (χ1v) is 8.01. The van der Waals surface area contributed by atoms with Gasteiger partial charge in [0.1, 0.15) is 5.75 Å². The zero-order valence-electron chi connectivity index (χ0n) is 13.8. The lowest BCUT2D eigenvalue weighted by atomic mass is 10.0. The summed E-state index contributed by atoms with van der Waals surface area (Å²) in [5, 5.41) is 6.73. The van der Waals surface area contributed by atoms with E-state index in [0.29, 0.717) is 12.0 Å². The Morgan fingerprint density at radius 3 is 2.42 bits per heavy atom. The standard InChI is InChI=1S/C20H20N2O2/c1-14(2)24-18-10-8-15(9-11-18)12-17-13-19(21-22-20(17)23)16-6-4-3-5-7-16/h3-11,13-14H,12H2,1-2H3,(H,22,23). The summed E-state index contributed by atoms with van der Waals surface area (Å²) in [5.74, 6) is 0.836. The summed E-state index contributed by atoms with van der Waals surface area (Å²) in [5.41, 5.74) is 3.35. The third-order valence-electron chi connectivity index (χ3n) is 3.64. The van der Waals surface area contributed by atoms with Gasteiger partial charge in [0.15, 0.2) is 0 Å². The first kappa shape index (κ1) is 16.0. The number of aromatic nitrogens is 2. The van der Waals surface area contributed by atoms with Crippen molar-refractivity contribution in [2.45, 2.75) is 26.4 Å². The molecule has 24 heavy (non-hydrogen) atoms. The molecule has 0 saturated heterocycles. The molecule has 0 fully saturated rings. The van der Waals surface area contributed by atoms with Crippen molar-refractivity contribution in [2.75, 3.05) is 0 Å². The molecule has 0 amide bonds. The maximum Gasteiger partial charge on any atom is 0.267 e. The Bertz CT molecular complexity index is 853. The Labute approximate surface area is 141 Å². The third-order valence-corrected chi connectivity index (χ3v) is 3.64. The van der Waals surface area contributed by atoms with Crippen LogP contribution in [0.25, 0.3) is 11.3 Å². The topological polar surface area (TPSA) is 55.0 Å². The molecule has 1 aromatic heterocycles. The van der Waals surface area contributed by atoms with Crippen molar-refractivity contribution in [1.82, 2.24) is 10.2 Å². The van der Waals surface area contributed by atoms with E-state index in [2.05, 4.69) is 10.2 Å². The van der Waals surface area contributed by atoms with Crippen LogP contribution in [-0.2, 0) is 6.42 Å². The van der Waals surface area contributed by atoms with Crippen molar-refractivity contribution in [2.24, 2.45) is 0 Å². The van der Waals surface area contributed by atoms with Gasteiger partial charge in [0.2, 0.25) is 0 Å². The molecule has 0 saturated carbocycles.